The number of ether oxygens (including phenoxy) is 1. The van der Waals surface area contributed by atoms with Gasteiger partial charge in [0, 0.05) is 28.2 Å². The van der Waals surface area contributed by atoms with Crippen LogP contribution in [0.3, 0.4) is 0 Å². The Bertz CT molecular complexity index is 1330. The average molecular weight is 449 g/mol. The molecule has 1 heterocycles. The lowest BCUT2D eigenvalue weighted by Crippen LogP contribution is -2.27. The normalized spacial score (nSPS) is 11.2. The number of alkyl carbamates (subject to hydrolysis) is 1. The molecule has 4 aromatic rings. The van der Waals surface area contributed by atoms with E-state index in [1.807, 2.05) is 37.3 Å². The smallest absolute Gasteiger partial charge is 0.407 e. The van der Waals surface area contributed by atoms with Crippen molar-refractivity contribution in [3.05, 3.63) is 84.4 Å². The van der Waals surface area contributed by atoms with Gasteiger partial charge in [0.25, 0.3) is 0 Å². The van der Waals surface area contributed by atoms with E-state index in [1.54, 1.807) is 0 Å². The highest BCUT2D eigenvalue weighted by molar-refractivity contribution is 6.08. The molecule has 4 nitrogen and oxygen atoms in total. The maximum absolute atomic E-state index is 11.9. The van der Waals surface area contributed by atoms with Gasteiger partial charge in [0.2, 0.25) is 0 Å². The molecule has 1 unspecified atom stereocenters. The molecule has 0 saturated carbocycles. The Hall–Kier alpha value is -4.15. The van der Waals surface area contributed by atoms with Crippen molar-refractivity contribution in [1.29, 1.82) is 0 Å². The van der Waals surface area contributed by atoms with E-state index in [4.69, 9.17) is 4.74 Å². The first-order valence-corrected chi connectivity index (χ1v) is 11.6. The lowest BCUT2D eigenvalue weighted by molar-refractivity contribution is 0.141. The van der Waals surface area contributed by atoms with E-state index < -0.39 is 6.09 Å². The van der Waals surface area contributed by atoms with Gasteiger partial charge in [-0.15, -0.1) is 0 Å². The van der Waals surface area contributed by atoms with Gasteiger partial charge in [-0.3, -0.25) is 0 Å². The summed E-state index contributed by atoms with van der Waals surface area (Å²) < 4.78 is 7.50. The zero-order valence-corrected chi connectivity index (χ0v) is 19.4. The van der Waals surface area contributed by atoms with Gasteiger partial charge < -0.3 is 14.6 Å². The van der Waals surface area contributed by atoms with Crippen LogP contribution in [0, 0.1) is 23.7 Å². The largest absolute Gasteiger partial charge is 0.450 e. The first kappa shape index (κ1) is 23.0. The Morgan fingerprint density at radius 1 is 0.853 bits per heavy atom. The quantitative estimate of drug-likeness (QED) is 0.260. The van der Waals surface area contributed by atoms with Crippen LogP contribution in [0.25, 0.3) is 21.8 Å². The third-order valence-corrected chi connectivity index (χ3v) is 5.72. The van der Waals surface area contributed by atoms with E-state index in [2.05, 4.69) is 82.1 Å². The van der Waals surface area contributed by atoms with Crippen LogP contribution in [0.5, 0.6) is 0 Å². The molecule has 170 valence electrons. The minimum atomic E-state index is -0.390. The third-order valence-electron chi connectivity index (χ3n) is 5.72. The fraction of sp³-hybridized carbons (Fsp3) is 0.233. The SMILES string of the molecule is CC(NC(=O)OCCCCC#CC#CCn1c2ccccc2c2ccccc21)c1ccccc1. The molecule has 0 aliphatic heterocycles. The molecule has 34 heavy (non-hydrogen) atoms. The summed E-state index contributed by atoms with van der Waals surface area (Å²) in [4.78, 5) is 11.9. The van der Waals surface area contributed by atoms with Crippen molar-refractivity contribution in [3.8, 4) is 23.7 Å². The topological polar surface area (TPSA) is 43.3 Å². The van der Waals surface area contributed by atoms with E-state index >= 15 is 0 Å². The summed E-state index contributed by atoms with van der Waals surface area (Å²) in [6, 6.07) is 26.6. The van der Waals surface area contributed by atoms with E-state index in [0.717, 1.165) is 24.8 Å². The fourth-order valence-corrected chi connectivity index (χ4v) is 3.97. The van der Waals surface area contributed by atoms with Gasteiger partial charge in [-0.1, -0.05) is 78.6 Å². The Balaban J connectivity index is 1.18. The van der Waals surface area contributed by atoms with Crippen LogP contribution in [0.2, 0.25) is 0 Å². The van der Waals surface area contributed by atoms with E-state index in [0.29, 0.717) is 13.2 Å². The molecule has 0 bridgehead atoms. The van der Waals surface area contributed by atoms with Crippen LogP contribution in [0.1, 0.15) is 37.8 Å². The Labute approximate surface area is 200 Å². The summed E-state index contributed by atoms with van der Waals surface area (Å²) in [5.74, 6) is 12.2. The number of amides is 1. The molecule has 0 aliphatic rings. The highest BCUT2D eigenvalue weighted by Crippen LogP contribution is 2.28. The number of aromatic nitrogens is 1. The summed E-state index contributed by atoms with van der Waals surface area (Å²) in [5, 5.41) is 5.34. The van der Waals surface area contributed by atoms with Crippen LogP contribution >= 0.6 is 0 Å². The lowest BCUT2D eigenvalue weighted by atomic mass is 10.1. The Morgan fingerprint density at radius 2 is 1.47 bits per heavy atom. The van der Waals surface area contributed by atoms with Gasteiger partial charge in [-0.2, -0.15) is 0 Å². The van der Waals surface area contributed by atoms with Crippen LogP contribution < -0.4 is 5.32 Å². The zero-order valence-electron chi connectivity index (χ0n) is 19.4. The first-order valence-electron chi connectivity index (χ1n) is 11.6. The Morgan fingerprint density at radius 3 is 2.18 bits per heavy atom. The van der Waals surface area contributed by atoms with Gasteiger partial charge in [0.15, 0.2) is 0 Å². The van der Waals surface area contributed by atoms with Gasteiger partial charge >= 0.3 is 6.09 Å². The van der Waals surface area contributed by atoms with Crippen molar-refractivity contribution in [2.75, 3.05) is 6.61 Å². The van der Waals surface area contributed by atoms with Crippen molar-refractivity contribution in [3.63, 3.8) is 0 Å². The number of fused-ring (bicyclic) bond motifs is 3. The van der Waals surface area contributed by atoms with Crippen LogP contribution in [0.4, 0.5) is 4.79 Å². The molecular formula is C30H28N2O2. The Kier molecular flexibility index (Phi) is 7.88. The summed E-state index contributed by atoms with van der Waals surface area (Å²) in [5.41, 5.74) is 3.43. The maximum atomic E-state index is 11.9. The molecule has 4 rings (SSSR count). The van der Waals surface area contributed by atoms with Crippen molar-refractivity contribution < 1.29 is 9.53 Å². The molecule has 0 saturated heterocycles. The highest BCUT2D eigenvalue weighted by atomic mass is 16.5. The van der Waals surface area contributed by atoms with Crippen molar-refractivity contribution >= 4 is 27.9 Å². The molecule has 1 aromatic heterocycles. The van der Waals surface area contributed by atoms with Gasteiger partial charge in [-0.05, 0) is 49.3 Å². The monoisotopic (exact) mass is 448 g/mol. The van der Waals surface area contributed by atoms with E-state index in [1.165, 1.54) is 21.8 Å². The van der Waals surface area contributed by atoms with Crippen molar-refractivity contribution in [2.45, 2.75) is 38.8 Å². The molecule has 0 radical (unpaired) electrons. The number of nitrogens with zero attached hydrogens (tertiary/aromatic N) is 1. The molecule has 0 spiro atoms. The third kappa shape index (κ3) is 5.80. The number of benzene rings is 3. The second kappa shape index (κ2) is 11.6. The second-order valence-corrected chi connectivity index (χ2v) is 8.09. The number of nitrogens with one attached hydrogen (secondary N) is 1. The molecule has 1 amide bonds. The predicted octanol–water partition coefficient (Wildman–Crippen LogP) is 6.46. The number of para-hydroxylation sites is 2. The fourth-order valence-electron chi connectivity index (χ4n) is 3.97. The van der Waals surface area contributed by atoms with Crippen LogP contribution in [0.15, 0.2) is 78.9 Å². The van der Waals surface area contributed by atoms with E-state index in [9.17, 15) is 4.79 Å². The zero-order chi connectivity index (χ0) is 23.6. The maximum Gasteiger partial charge on any atom is 0.407 e. The molecule has 1 atom stereocenters. The predicted molar refractivity (Wildman–Crippen MR) is 138 cm³/mol. The summed E-state index contributed by atoms with van der Waals surface area (Å²) in [6.07, 6.45) is 1.98. The summed E-state index contributed by atoms with van der Waals surface area (Å²) in [6.45, 7) is 2.93. The van der Waals surface area contributed by atoms with Crippen LogP contribution in [-0.4, -0.2) is 17.3 Å². The number of hydrogen-bond donors (Lipinski definition) is 1. The molecule has 3 aromatic carbocycles. The number of rotatable bonds is 7. The lowest BCUT2D eigenvalue weighted by Gasteiger charge is -2.14. The average Bonchev–Trinajstić information content (AvgIpc) is 3.19. The molecule has 4 heteroatoms. The highest BCUT2D eigenvalue weighted by Gasteiger charge is 2.09. The molecule has 0 aliphatic carbocycles. The number of carbonyl (C=O) groups is 1. The van der Waals surface area contributed by atoms with Gasteiger partial charge in [0.05, 0.1) is 19.2 Å². The number of hydrogen-bond acceptors (Lipinski definition) is 2. The van der Waals surface area contributed by atoms with Gasteiger partial charge in [0.1, 0.15) is 0 Å². The number of unbranched alkanes of at least 4 members (excludes halogenated alkanes) is 2. The minimum absolute atomic E-state index is 0.0827. The summed E-state index contributed by atoms with van der Waals surface area (Å²) in [7, 11) is 0. The standard InChI is InChI=1S/C30H28N2O2/c1-24(25-16-8-7-9-17-25)31-30(33)34-23-15-6-4-2-3-5-14-22-32-28-20-12-10-18-26(28)27-19-11-13-21-29(27)32/h7-13,16-21,24H,4,6,15,22-23H2,1H3,(H,31,33). The molecule has 0 fully saturated rings. The second-order valence-electron chi connectivity index (χ2n) is 8.09. The first-order chi connectivity index (χ1) is 16.7. The van der Waals surface area contributed by atoms with E-state index in [-0.39, 0.29) is 6.04 Å². The number of carbonyl (C=O) groups excluding carboxylic acids is 1. The summed E-state index contributed by atoms with van der Waals surface area (Å²) >= 11 is 0. The van der Waals surface area contributed by atoms with Gasteiger partial charge in [-0.25, -0.2) is 4.79 Å². The van der Waals surface area contributed by atoms with Crippen molar-refractivity contribution in [2.24, 2.45) is 0 Å². The molecule has 1 N–H and O–H groups in total. The molecular weight excluding hydrogens is 420 g/mol. The van der Waals surface area contributed by atoms with Crippen molar-refractivity contribution in [1.82, 2.24) is 9.88 Å². The minimum Gasteiger partial charge on any atom is -0.450 e. The van der Waals surface area contributed by atoms with Crippen LogP contribution in [-0.2, 0) is 11.3 Å².